The lowest BCUT2D eigenvalue weighted by molar-refractivity contribution is 0.0104. The van der Waals surface area contributed by atoms with Gasteiger partial charge in [0.25, 0.3) is 11.8 Å². The summed E-state index contributed by atoms with van der Waals surface area (Å²) in [5.41, 5.74) is 6.04. The molecule has 3 aromatic rings. The molecule has 33 heavy (non-hydrogen) atoms. The molecule has 2 heterocycles. The molecule has 0 aliphatic carbocycles. The van der Waals surface area contributed by atoms with Gasteiger partial charge in [-0.3, -0.25) is 19.9 Å². The van der Waals surface area contributed by atoms with Crippen LogP contribution < -0.4 is 16.3 Å². The molecule has 3 N–H and O–H groups in total. The van der Waals surface area contributed by atoms with Gasteiger partial charge in [-0.1, -0.05) is 36.5 Å². The first-order chi connectivity index (χ1) is 15.8. The molecule has 0 radical (unpaired) electrons. The number of hydrogen-bond donors (Lipinski definition) is 3. The maximum atomic E-state index is 13.2. The summed E-state index contributed by atoms with van der Waals surface area (Å²) in [6.07, 6.45) is 3.33. The topological polar surface area (TPSA) is 110 Å². The number of benzene rings is 1. The molecule has 3 rings (SSSR count). The van der Waals surface area contributed by atoms with E-state index in [9.17, 15) is 9.59 Å². The maximum absolute atomic E-state index is 13.2. The van der Waals surface area contributed by atoms with Crippen LogP contribution >= 0.6 is 39.1 Å². The van der Waals surface area contributed by atoms with Crippen molar-refractivity contribution in [1.29, 1.82) is 0 Å². The summed E-state index contributed by atoms with van der Waals surface area (Å²) in [5.74, 6) is -0.773. The number of carbonyl (C=O) groups is 2. The fraction of sp³-hybridized carbons (Fsp3) is 0.238. The number of aromatic nitrogens is 3. The molecule has 1 aromatic carbocycles. The lowest BCUT2D eigenvalue weighted by Crippen LogP contribution is -2.38. The molecule has 0 aliphatic heterocycles. The number of nitrogens with zero attached hydrogens (tertiary/aromatic N) is 3. The quantitative estimate of drug-likeness (QED) is 0.257. The smallest absolute Gasteiger partial charge is 0.274 e. The highest BCUT2D eigenvalue weighted by Gasteiger charge is 2.22. The fourth-order valence-electron chi connectivity index (χ4n) is 2.89. The zero-order valence-electron chi connectivity index (χ0n) is 17.8. The normalized spacial score (nSPS) is 10.8. The molecule has 0 aliphatic rings. The number of aryl methyl sites for hydroxylation is 1. The van der Waals surface area contributed by atoms with Crippen molar-refractivity contribution in [3.05, 3.63) is 68.0 Å². The van der Waals surface area contributed by atoms with E-state index < -0.39 is 11.8 Å². The van der Waals surface area contributed by atoms with E-state index in [2.05, 4.69) is 42.3 Å². The highest BCUT2D eigenvalue weighted by molar-refractivity contribution is 9.10. The fourth-order valence-corrected chi connectivity index (χ4v) is 3.74. The zero-order valence-corrected chi connectivity index (χ0v) is 20.9. The van der Waals surface area contributed by atoms with E-state index in [-0.39, 0.29) is 22.8 Å². The number of nitrogens with one attached hydrogen (secondary N) is 3. The van der Waals surface area contributed by atoms with E-state index in [0.29, 0.717) is 26.8 Å². The third kappa shape index (κ3) is 6.30. The highest BCUT2D eigenvalue weighted by atomic mass is 79.9. The summed E-state index contributed by atoms with van der Waals surface area (Å²) >= 11 is 15.7. The summed E-state index contributed by atoms with van der Waals surface area (Å²) in [7, 11) is 0. The summed E-state index contributed by atoms with van der Waals surface area (Å²) < 4.78 is 1.73. The number of amides is 2. The van der Waals surface area contributed by atoms with Gasteiger partial charge < -0.3 is 5.32 Å². The van der Waals surface area contributed by atoms with Gasteiger partial charge in [0.2, 0.25) is 0 Å². The Kier molecular flexibility index (Phi) is 8.81. The molecule has 0 fully saturated rings. The van der Waals surface area contributed by atoms with Crippen LogP contribution in [-0.4, -0.2) is 33.2 Å². The van der Waals surface area contributed by atoms with Crippen LogP contribution in [0.4, 0.5) is 5.69 Å². The number of halogens is 3. The van der Waals surface area contributed by atoms with E-state index in [1.54, 1.807) is 31.3 Å². The Morgan fingerprint density at radius 3 is 2.73 bits per heavy atom. The van der Waals surface area contributed by atoms with Gasteiger partial charge in [0.05, 0.1) is 22.9 Å². The Labute approximate surface area is 208 Å². The highest BCUT2D eigenvalue weighted by Crippen LogP contribution is 2.27. The number of carbonyl (C=O) groups excluding carboxylic acids is 2. The second-order valence-corrected chi connectivity index (χ2v) is 8.59. The van der Waals surface area contributed by atoms with E-state index in [1.165, 1.54) is 16.8 Å². The minimum Gasteiger partial charge on any atom is -0.320 e. The van der Waals surface area contributed by atoms with Crippen molar-refractivity contribution in [3.63, 3.8) is 0 Å². The number of anilines is 1. The van der Waals surface area contributed by atoms with E-state index in [4.69, 9.17) is 28.0 Å². The number of rotatable bonds is 9. The molecule has 2 amide bonds. The van der Waals surface area contributed by atoms with Gasteiger partial charge in [-0.2, -0.15) is 5.10 Å². The van der Waals surface area contributed by atoms with Crippen LogP contribution in [0.5, 0.6) is 0 Å². The van der Waals surface area contributed by atoms with Crippen molar-refractivity contribution >= 4 is 56.6 Å². The average molecular weight is 556 g/mol. The molecule has 2 aromatic heterocycles. The van der Waals surface area contributed by atoms with Gasteiger partial charge in [-0.25, -0.2) is 9.67 Å². The van der Waals surface area contributed by atoms with Crippen LogP contribution in [0.1, 0.15) is 46.2 Å². The predicted octanol–water partition coefficient (Wildman–Crippen LogP) is 4.86. The van der Waals surface area contributed by atoms with E-state index in [1.807, 2.05) is 6.92 Å². The largest absolute Gasteiger partial charge is 0.320 e. The average Bonchev–Trinajstić information content (AvgIpc) is 3.17. The molecule has 0 saturated carbocycles. The second-order valence-electron chi connectivity index (χ2n) is 6.93. The molecule has 0 atom stereocenters. The van der Waals surface area contributed by atoms with Crippen LogP contribution in [0, 0.1) is 6.92 Å². The van der Waals surface area contributed by atoms with Crippen molar-refractivity contribution in [2.24, 2.45) is 0 Å². The minimum atomic E-state index is -0.533. The SMILES string of the molecule is CCCCONNC(=O)c1cc(Cl)cc(C)c1NC(=O)c1cc(Br)nn1-c1ncccc1Cl. The van der Waals surface area contributed by atoms with Crippen LogP contribution in [0.2, 0.25) is 10.0 Å². The third-order valence-electron chi connectivity index (χ3n) is 4.47. The second kappa shape index (κ2) is 11.6. The van der Waals surface area contributed by atoms with Gasteiger partial charge in [0.15, 0.2) is 5.82 Å². The molecule has 0 unspecified atom stereocenters. The van der Waals surface area contributed by atoms with Crippen LogP contribution in [0.15, 0.2) is 41.1 Å². The Morgan fingerprint density at radius 2 is 2.00 bits per heavy atom. The van der Waals surface area contributed by atoms with Crippen LogP contribution in [0.3, 0.4) is 0 Å². The zero-order chi connectivity index (χ0) is 24.0. The number of hydrogen-bond acceptors (Lipinski definition) is 6. The van der Waals surface area contributed by atoms with Gasteiger partial charge in [-0.05, 0) is 59.1 Å². The van der Waals surface area contributed by atoms with Gasteiger partial charge in [-0.15, -0.1) is 5.59 Å². The van der Waals surface area contributed by atoms with Crippen molar-refractivity contribution < 1.29 is 14.4 Å². The summed E-state index contributed by atoms with van der Waals surface area (Å²) in [5, 5.41) is 7.70. The first-order valence-corrected chi connectivity index (χ1v) is 11.5. The van der Waals surface area contributed by atoms with Crippen molar-refractivity contribution in [1.82, 2.24) is 25.8 Å². The van der Waals surface area contributed by atoms with Gasteiger partial charge >= 0.3 is 0 Å². The molecular weight excluding hydrogens is 535 g/mol. The summed E-state index contributed by atoms with van der Waals surface area (Å²) in [6.45, 7) is 4.19. The molecular formula is C21H21BrCl2N6O3. The van der Waals surface area contributed by atoms with Crippen molar-refractivity contribution in [2.45, 2.75) is 26.7 Å². The Balaban J connectivity index is 1.88. The first kappa shape index (κ1) is 25.1. The summed E-state index contributed by atoms with van der Waals surface area (Å²) in [6, 6.07) is 7.93. The molecule has 12 heteroatoms. The number of pyridine rings is 1. The standard InChI is InChI=1S/C21H21BrCl2N6O3/c1-3-4-8-33-29-27-20(31)14-10-13(23)9-12(2)18(14)26-21(32)16-11-17(22)28-30(16)19-15(24)6-5-7-25-19/h5-7,9-11,29H,3-4,8H2,1-2H3,(H,26,32)(H,27,31). The molecule has 0 spiro atoms. The maximum Gasteiger partial charge on any atom is 0.274 e. The molecule has 174 valence electrons. The predicted molar refractivity (Wildman–Crippen MR) is 130 cm³/mol. The minimum absolute atomic E-state index is 0.154. The van der Waals surface area contributed by atoms with Gasteiger partial charge in [0, 0.05) is 17.3 Å². The van der Waals surface area contributed by atoms with Crippen molar-refractivity contribution in [2.75, 3.05) is 11.9 Å². The van der Waals surface area contributed by atoms with Crippen LogP contribution in [-0.2, 0) is 4.84 Å². The molecule has 0 bridgehead atoms. The van der Waals surface area contributed by atoms with Gasteiger partial charge in [0.1, 0.15) is 10.3 Å². The lowest BCUT2D eigenvalue weighted by Gasteiger charge is -2.15. The Morgan fingerprint density at radius 1 is 1.21 bits per heavy atom. The number of hydrazine groups is 1. The lowest BCUT2D eigenvalue weighted by atomic mass is 10.1. The molecule has 9 nitrogen and oxygen atoms in total. The van der Waals surface area contributed by atoms with E-state index in [0.717, 1.165) is 12.8 Å². The summed E-state index contributed by atoms with van der Waals surface area (Å²) in [4.78, 5) is 35.3. The molecule has 0 saturated heterocycles. The first-order valence-electron chi connectivity index (χ1n) is 9.97. The van der Waals surface area contributed by atoms with Crippen LogP contribution in [0.25, 0.3) is 5.82 Å². The van der Waals surface area contributed by atoms with Crippen molar-refractivity contribution in [3.8, 4) is 5.82 Å². The number of unbranched alkanes of at least 4 members (excludes halogenated alkanes) is 1. The Bertz CT molecular complexity index is 1170. The van der Waals surface area contributed by atoms with E-state index >= 15 is 0 Å². The Hall–Kier alpha value is -2.50. The monoisotopic (exact) mass is 554 g/mol. The third-order valence-corrected chi connectivity index (χ3v) is 5.37.